The van der Waals surface area contributed by atoms with Gasteiger partial charge in [0.05, 0.1) is 10.6 Å². The van der Waals surface area contributed by atoms with Gasteiger partial charge in [0, 0.05) is 6.54 Å². The van der Waals surface area contributed by atoms with E-state index in [1.807, 2.05) is 12.1 Å². The normalized spacial score (nSPS) is 10.9. The third kappa shape index (κ3) is 13.2. The molecule has 0 aliphatic heterocycles. The monoisotopic (exact) mass is 407 g/mol. The number of nitrogens with one attached hydrogen (secondary N) is 1. The first-order valence-electron chi connectivity index (χ1n) is 11.8. The van der Waals surface area contributed by atoms with Crippen LogP contribution >= 0.6 is 11.6 Å². The Bertz CT molecular complexity index is 503. The van der Waals surface area contributed by atoms with Gasteiger partial charge >= 0.3 is 0 Å². The lowest BCUT2D eigenvalue weighted by Gasteiger charge is -2.06. The molecule has 0 fully saturated rings. The maximum Gasteiger partial charge on any atom is 0.252 e. The van der Waals surface area contributed by atoms with Crippen LogP contribution in [0.4, 0.5) is 0 Å². The lowest BCUT2D eigenvalue weighted by Crippen LogP contribution is -2.24. The maximum atomic E-state index is 12.0. The van der Waals surface area contributed by atoms with Crippen molar-refractivity contribution in [3.63, 3.8) is 0 Å². The van der Waals surface area contributed by atoms with E-state index in [-0.39, 0.29) is 5.91 Å². The van der Waals surface area contributed by atoms with Crippen molar-refractivity contribution in [2.75, 3.05) is 6.54 Å². The van der Waals surface area contributed by atoms with E-state index < -0.39 is 0 Å². The quantitative estimate of drug-likeness (QED) is 0.243. The molecule has 1 amide bonds. The van der Waals surface area contributed by atoms with Crippen molar-refractivity contribution in [2.24, 2.45) is 0 Å². The predicted molar refractivity (Wildman–Crippen MR) is 123 cm³/mol. The molecule has 0 saturated heterocycles. The van der Waals surface area contributed by atoms with E-state index in [1.54, 1.807) is 12.1 Å². The van der Waals surface area contributed by atoms with Gasteiger partial charge in [0.25, 0.3) is 5.91 Å². The molecule has 0 radical (unpaired) electrons. The number of amides is 1. The van der Waals surface area contributed by atoms with Crippen LogP contribution in [0.15, 0.2) is 24.3 Å². The number of unbranched alkanes of at least 4 members (excludes halogenated alkanes) is 15. The average Bonchev–Trinajstić information content (AvgIpc) is 2.70. The third-order valence-corrected chi connectivity index (χ3v) is 5.76. The largest absolute Gasteiger partial charge is 0.352 e. The fourth-order valence-electron chi connectivity index (χ4n) is 3.62. The molecule has 0 atom stereocenters. The molecule has 0 unspecified atom stereocenters. The van der Waals surface area contributed by atoms with E-state index in [9.17, 15) is 4.79 Å². The highest BCUT2D eigenvalue weighted by Crippen LogP contribution is 2.15. The zero-order valence-corrected chi connectivity index (χ0v) is 18.9. The summed E-state index contributed by atoms with van der Waals surface area (Å²) in [5.41, 5.74) is 0.570. The van der Waals surface area contributed by atoms with Crippen molar-refractivity contribution in [1.82, 2.24) is 5.32 Å². The molecular weight excluding hydrogens is 366 g/mol. The molecule has 0 aliphatic carbocycles. The van der Waals surface area contributed by atoms with Gasteiger partial charge in [-0.3, -0.25) is 4.79 Å². The molecule has 0 aliphatic rings. The zero-order chi connectivity index (χ0) is 20.3. The predicted octanol–water partition coefficient (Wildman–Crippen LogP) is 8.33. The second-order valence-electron chi connectivity index (χ2n) is 8.04. The number of carbonyl (C=O) groups excluding carboxylic acids is 1. The standard InChI is InChI=1S/C25H42ClNO/c1-2-3-4-5-6-7-8-9-10-11-12-13-14-15-16-19-22-27-25(28)23-20-17-18-21-24(23)26/h17-18,20-21H,2-16,19,22H2,1H3,(H,27,28). The SMILES string of the molecule is CCCCCCCCCCCCCCCCCCNC(=O)c1ccccc1Cl. The molecule has 1 N–H and O–H groups in total. The van der Waals surface area contributed by atoms with Crippen LogP contribution in [-0.2, 0) is 0 Å². The molecule has 1 aromatic carbocycles. The molecule has 0 saturated carbocycles. The number of hydrogen-bond donors (Lipinski definition) is 1. The van der Waals surface area contributed by atoms with Gasteiger partial charge in [0.15, 0.2) is 0 Å². The lowest BCUT2D eigenvalue weighted by molar-refractivity contribution is 0.0953. The van der Waals surface area contributed by atoms with E-state index in [0.717, 1.165) is 13.0 Å². The highest BCUT2D eigenvalue weighted by atomic mass is 35.5. The van der Waals surface area contributed by atoms with Crippen LogP contribution < -0.4 is 5.32 Å². The van der Waals surface area contributed by atoms with Crippen LogP contribution in [0.3, 0.4) is 0 Å². The maximum absolute atomic E-state index is 12.0. The van der Waals surface area contributed by atoms with Crippen molar-refractivity contribution >= 4 is 17.5 Å². The Kier molecular flexibility index (Phi) is 16.1. The zero-order valence-electron chi connectivity index (χ0n) is 18.1. The van der Waals surface area contributed by atoms with E-state index in [1.165, 1.54) is 96.3 Å². The van der Waals surface area contributed by atoms with Crippen molar-refractivity contribution in [2.45, 2.75) is 110 Å². The first-order valence-corrected chi connectivity index (χ1v) is 12.2. The first kappa shape index (κ1) is 25.0. The van der Waals surface area contributed by atoms with E-state index in [2.05, 4.69) is 12.2 Å². The van der Waals surface area contributed by atoms with Gasteiger partial charge in [-0.25, -0.2) is 0 Å². The summed E-state index contributed by atoms with van der Waals surface area (Å²) in [4.78, 5) is 12.0. The smallest absolute Gasteiger partial charge is 0.252 e. The fraction of sp³-hybridized carbons (Fsp3) is 0.720. The second-order valence-corrected chi connectivity index (χ2v) is 8.45. The highest BCUT2D eigenvalue weighted by molar-refractivity contribution is 6.33. The van der Waals surface area contributed by atoms with Crippen LogP contribution in [0.5, 0.6) is 0 Å². The minimum Gasteiger partial charge on any atom is -0.352 e. The summed E-state index contributed by atoms with van der Waals surface area (Å²) in [6.07, 6.45) is 21.8. The van der Waals surface area contributed by atoms with Crippen LogP contribution in [0.2, 0.25) is 5.02 Å². The fourth-order valence-corrected chi connectivity index (χ4v) is 3.84. The minimum atomic E-state index is -0.0634. The van der Waals surface area contributed by atoms with Crippen molar-refractivity contribution in [3.05, 3.63) is 34.9 Å². The summed E-state index contributed by atoms with van der Waals surface area (Å²) in [6.45, 7) is 3.02. The molecular formula is C25H42ClNO. The molecule has 28 heavy (non-hydrogen) atoms. The summed E-state index contributed by atoms with van der Waals surface area (Å²) < 4.78 is 0. The van der Waals surface area contributed by atoms with Gasteiger partial charge in [0.1, 0.15) is 0 Å². The molecule has 0 heterocycles. The molecule has 0 spiro atoms. The number of benzene rings is 1. The number of carbonyl (C=O) groups is 1. The van der Waals surface area contributed by atoms with Gasteiger partial charge < -0.3 is 5.32 Å². The summed E-state index contributed by atoms with van der Waals surface area (Å²) in [7, 11) is 0. The van der Waals surface area contributed by atoms with Gasteiger partial charge in [-0.15, -0.1) is 0 Å². The Morgan fingerprint density at radius 1 is 0.714 bits per heavy atom. The summed E-state index contributed by atoms with van der Waals surface area (Å²) >= 11 is 6.04. The van der Waals surface area contributed by atoms with Crippen LogP contribution in [0.25, 0.3) is 0 Å². The van der Waals surface area contributed by atoms with Gasteiger partial charge in [-0.05, 0) is 18.6 Å². The number of rotatable bonds is 18. The Morgan fingerprint density at radius 3 is 1.61 bits per heavy atom. The van der Waals surface area contributed by atoms with Crippen LogP contribution in [0, 0.1) is 0 Å². The van der Waals surface area contributed by atoms with Crippen LogP contribution in [-0.4, -0.2) is 12.5 Å². The topological polar surface area (TPSA) is 29.1 Å². The molecule has 1 rings (SSSR count). The summed E-state index contributed by atoms with van der Waals surface area (Å²) in [5, 5.41) is 3.49. The number of halogens is 1. The van der Waals surface area contributed by atoms with Crippen LogP contribution in [0.1, 0.15) is 120 Å². The van der Waals surface area contributed by atoms with Gasteiger partial charge in [0.2, 0.25) is 0 Å². The Labute approximate surface area is 178 Å². The van der Waals surface area contributed by atoms with Crippen molar-refractivity contribution in [3.8, 4) is 0 Å². The summed E-state index contributed by atoms with van der Waals surface area (Å²) in [5.74, 6) is -0.0634. The molecule has 0 bridgehead atoms. The first-order chi connectivity index (χ1) is 13.8. The van der Waals surface area contributed by atoms with Gasteiger partial charge in [-0.2, -0.15) is 0 Å². The van der Waals surface area contributed by atoms with E-state index in [0.29, 0.717) is 10.6 Å². The van der Waals surface area contributed by atoms with Crippen molar-refractivity contribution < 1.29 is 4.79 Å². The molecule has 0 aromatic heterocycles. The Morgan fingerprint density at radius 2 is 1.14 bits per heavy atom. The average molecular weight is 408 g/mol. The third-order valence-electron chi connectivity index (χ3n) is 5.43. The second kappa shape index (κ2) is 18.0. The van der Waals surface area contributed by atoms with Gasteiger partial charge in [-0.1, -0.05) is 127 Å². The molecule has 1 aromatic rings. The highest BCUT2D eigenvalue weighted by Gasteiger charge is 2.07. The van der Waals surface area contributed by atoms with E-state index in [4.69, 9.17) is 11.6 Å². The molecule has 160 valence electrons. The lowest BCUT2D eigenvalue weighted by atomic mass is 10.0. The minimum absolute atomic E-state index is 0.0634. The summed E-state index contributed by atoms with van der Waals surface area (Å²) in [6, 6.07) is 7.21. The van der Waals surface area contributed by atoms with E-state index >= 15 is 0 Å². The Hall–Kier alpha value is -1.02. The molecule has 3 heteroatoms. The molecule has 2 nitrogen and oxygen atoms in total. The Balaban J connectivity index is 1.80. The number of hydrogen-bond acceptors (Lipinski definition) is 1. The van der Waals surface area contributed by atoms with Crippen molar-refractivity contribution in [1.29, 1.82) is 0 Å².